The summed E-state index contributed by atoms with van der Waals surface area (Å²) in [7, 11) is -3.27. The Morgan fingerprint density at radius 3 is 2.38 bits per heavy atom. The van der Waals surface area contributed by atoms with Gasteiger partial charge in [0.15, 0.2) is 9.84 Å². The molecule has 0 aliphatic heterocycles. The van der Waals surface area contributed by atoms with Gasteiger partial charge in [-0.3, -0.25) is 4.98 Å². The van der Waals surface area contributed by atoms with E-state index in [2.05, 4.69) is 36.8 Å². The first-order valence-corrected chi connectivity index (χ1v) is 7.80. The van der Waals surface area contributed by atoms with Crippen molar-refractivity contribution in [3.63, 3.8) is 0 Å². The van der Waals surface area contributed by atoms with Crippen LogP contribution in [0.1, 0.15) is 0 Å². The van der Waals surface area contributed by atoms with E-state index in [-0.39, 0.29) is 4.90 Å². The van der Waals surface area contributed by atoms with Gasteiger partial charge in [-0.25, -0.2) is 8.42 Å². The molecule has 0 bridgehead atoms. The third-order valence-electron chi connectivity index (χ3n) is 2.08. The van der Waals surface area contributed by atoms with E-state index >= 15 is 0 Å². The number of halogens is 2. The highest BCUT2D eigenvalue weighted by Crippen LogP contribution is 2.27. The van der Waals surface area contributed by atoms with Gasteiger partial charge in [-0.2, -0.15) is 0 Å². The van der Waals surface area contributed by atoms with E-state index in [9.17, 15) is 8.42 Å². The van der Waals surface area contributed by atoms with E-state index < -0.39 is 9.84 Å². The molecule has 0 N–H and O–H groups in total. The quantitative estimate of drug-likeness (QED) is 0.780. The molecule has 0 spiro atoms. The van der Waals surface area contributed by atoms with Crippen LogP contribution in [-0.4, -0.2) is 19.7 Å². The lowest BCUT2D eigenvalue weighted by Gasteiger charge is -2.05. The van der Waals surface area contributed by atoms with Gasteiger partial charge >= 0.3 is 0 Å². The average molecular weight is 365 g/mol. The highest BCUT2D eigenvalue weighted by atomic mass is 79.9. The summed E-state index contributed by atoms with van der Waals surface area (Å²) in [5.41, 5.74) is 0.494. The fraction of sp³-hybridized carbons (Fsp3) is 0.100. The largest absolute Gasteiger partial charge is 0.254 e. The maximum absolute atomic E-state index is 11.6. The van der Waals surface area contributed by atoms with Crippen LogP contribution in [0.25, 0.3) is 10.9 Å². The van der Waals surface area contributed by atoms with Crippen LogP contribution in [0.3, 0.4) is 0 Å². The minimum absolute atomic E-state index is 0.240. The number of rotatable bonds is 1. The van der Waals surface area contributed by atoms with Crippen molar-refractivity contribution in [2.75, 3.05) is 6.26 Å². The molecule has 1 aromatic heterocycles. The lowest BCUT2D eigenvalue weighted by atomic mass is 10.2. The second-order valence-corrected chi connectivity index (χ2v) is 7.22. The predicted octanol–water partition coefficient (Wildman–Crippen LogP) is 3.16. The van der Waals surface area contributed by atoms with Crippen molar-refractivity contribution in [1.82, 2.24) is 4.98 Å². The normalized spacial score (nSPS) is 11.9. The molecule has 0 saturated carbocycles. The SMILES string of the molecule is CS(=O)(=O)c1cc(Br)cc2cc(Br)cnc12. The Bertz CT molecular complexity index is 663. The Morgan fingerprint density at radius 2 is 1.75 bits per heavy atom. The number of hydrogen-bond donors (Lipinski definition) is 0. The van der Waals surface area contributed by atoms with Crippen molar-refractivity contribution in [3.8, 4) is 0 Å². The summed E-state index contributed by atoms with van der Waals surface area (Å²) in [6.45, 7) is 0. The summed E-state index contributed by atoms with van der Waals surface area (Å²) < 4.78 is 24.8. The minimum Gasteiger partial charge on any atom is -0.254 e. The van der Waals surface area contributed by atoms with Gasteiger partial charge in [0.25, 0.3) is 0 Å². The third kappa shape index (κ3) is 2.28. The summed E-state index contributed by atoms with van der Waals surface area (Å²) in [6, 6.07) is 5.24. The zero-order chi connectivity index (χ0) is 11.9. The van der Waals surface area contributed by atoms with Crippen LogP contribution in [0, 0.1) is 0 Å². The molecule has 1 aromatic carbocycles. The summed E-state index contributed by atoms with van der Waals surface area (Å²) in [4.78, 5) is 4.38. The first-order valence-electron chi connectivity index (χ1n) is 4.33. The van der Waals surface area contributed by atoms with Gasteiger partial charge in [0.1, 0.15) is 0 Å². The number of benzene rings is 1. The summed E-state index contributed by atoms with van der Waals surface area (Å²) >= 11 is 6.60. The lowest BCUT2D eigenvalue weighted by Crippen LogP contribution is -1.99. The molecular formula is C10H7Br2NO2S. The van der Waals surface area contributed by atoms with Gasteiger partial charge < -0.3 is 0 Å². The van der Waals surface area contributed by atoms with Gasteiger partial charge in [0.2, 0.25) is 0 Å². The van der Waals surface area contributed by atoms with Crippen molar-refractivity contribution in [1.29, 1.82) is 0 Å². The van der Waals surface area contributed by atoms with Crippen LogP contribution >= 0.6 is 31.9 Å². The number of hydrogen-bond acceptors (Lipinski definition) is 3. The molecular weight excluding hydrogens is 358 g/mol. The second kappa shape index (κ2) is 4.09. The fourth-order valence-corrected chi connectivity index (χ4v) is 3.28. The molecule has 84 valence electrons. The number of fused-ring (bicyclic) bond motifs is 1. The first-order chi connectivity index (χ1) is 7.38. The van der Waals surface area contributed by atoms with Gasteiger partial charge in [-0.1, -0.05) is 15.9 Å². The van der Waals surface area contributed by atoms with Crippen LogP contribution in [0.4, 0.5) is 0 Å². The van der Waals surface area contributed by atoms with Crippen LogP contribution in [0.2, 0.25) is 0 Å². The summed E-state index contributed by atoms with van der Waals surface area (Å²) in [6.07, 6.45) is 2.77. The monoisotopic (exact) mass is 363 g/mol. The number of nitrogens with zero attached hydrogens (tertiary/aromatic N) is 1. The van der Waals surface area contributed by atoms with Crippen LogP contribution < -0.4 is 0 Å². The molecule has 0 saturated heterocycles. The Labute approximate surface area is 110 Å². The smallest absolute Gasteiger partial charge is 0.177 e. The van der Waals surface area contributed by atoms with E-state index in [0.717, 1.165) is 14.3 Å². The van der Waals surface area contributed by atoms with Crippen molar-refractivity contribution in [2.45, 2.75) is 4.90 Å². The van der Waals surface area contributed by atoms with Gasteiger partial charge in [0.05, 0.1) is 10.4 Å². The van der Waals surface area contributed by atoms with E-state index in [1.165, 1.54) is 6.26 Å². The van der Waals surface area contributed by atoms with Crippen LogP contribution in [-0.2, 0) is 9.84 Å². The topological polar surface area (TPSA) is 47.0 Å². The van der Waals surface area contributed by atoms with Gasteiger partial charge in [-0.05, 0) is 34.1 Å². The van der Waals surface area contributed by atoms with Crippen LogP contribution in [0.15, 0.2) is 38.2 Å². The molecule has 2 aromatic rings. The molecule has 0 atom stereocenters. The molecule has 0 fully saturated rings. The molecule has 0 unspecified atom stereocenters. The Hall–Kier alpha value is -0.460. The average Bonchev–Trinajstić information content (AvgIpc) is 2.14. The molecule has 16 heavy (non-hydrogen) atoms. The van der Waals surface area contributed by atoms with Crippen molar-refractivity contribution >= 4 is 52.6 Å². The zero-order valence-electron chi connectivity index (χ0n) is 8.24. The molecule has 0 radical (unpaired) electrons. The van der Waals surface area contributed by atoms with E-state index in [1.807, 2.05) is 12.1 Å². The number of aromatic nitrogens is 1. The molecule has 1 heterocycles. The molecule has 2 rings (SSSR count). The van der Waals surface area contributed by atoms with E-state index in [4.69, 9.17) is 0 Å². The minimum atomic E-state index is -3.27. The van der Waals surface area contributed by atoms with Crippen molar-refractivity contribution in [3.05, 3.63) is 33.3 Å². The zero-order valence-corrected chi connectivity index (χ0v) is 12.2. The Kier molecular flexibility index (Phi) is 3.07. The lowest BCUT2D eigenvalue weighted by molar-refractivity contribution is 0.602. The van der Waals surface area contributed by atoms with Crippen LogP contribution in [0.5, 0.6) is 0 Å². The Morgan fingerprint density at radius 1 is 1.12 bits per heavy atom. The molecule has 0 aliphatic rings. The van der Waals surface area contributed by atoms with Gasteiger partial charge in [-0.15, -0.1) is 0 Å². The third-order valence-corrected chi connectivity index (χ3v) is 4.08. The summed E-state index contributed by atoms with van der Waals surface area (Å²) in [5.74, 6) is 0. The highest BCUT2D eigenvalue weighted by Gasteiger charge is 2.14. The maximum atomic E-state index is 11.6. The predicted molar refractivity (Wildman–Crippen MR) is 70.3 cm³/mol. The molecule has 0 amide bonds. The molecule has 6 heteroatoms. The van der Waals surface area contributed by atoms with Gasteiger partial charge in [0, 0.05) is 26.8 Å². The van der Waals surface area contributed by atoms with E-state index in [1.54, 1.807) is 12.3 Å². The maximum Gasteiger partial charge on any atom is 0.177 e. The number of sulfone groups is 1. The standard InChI is InChI=1S/C10H7Br2NO2S/c1-16(14,15)9-4-7(11)2-6-3-8(12)5-13-10(6)9/h2-5H,1H3. The van der Waals surface area contributed by atoms with E-state index in [0.29, 0.717) is 5.52 Å². The second-order valence-electron chi connectivity index (χ2n) is 3.40. The highest BCUT2D eigenvalue weighted by molar-refractivity contribution is 9.10. The fourth-order valence-electron chi connectivity index (χ4n) is 1.44. The molecule has 0 aliphatic carbocycles. The Balaban J connectivity index is 2.94. The number of pyridine rings is 1. The van der Waals surface area contributed by atoms with Crippen molar-refractivity contribution in [2.24, 2.45) is 0 Å². The molecule has 3 nitrogen and oxygen atoms in total. The van der Waals surface area contributed by atoms with Crippen molar-refractivity contribution < 1.29 is 8.42 Å². The first kappa shape index (κ1) is 12.0. The summed E-state index contributed by atoms with van der Waals surface area (Å²) in [5, 5.41) is 0.782.